The summed E-state index contributed by atoms with van der Waals surface area (Å²) in [6, 6.07) is -0.293. The van der Waals surface area contributed by atoms with Crippen LogP contribution in [0.1, 0.15) is 26.2 Å². The lowest BCUT2D eigenvalue weighted by molar-refractivity contribution is -0.140. The van der Waals surface area contributed by atoms with Gasteiger partial charge in [-0.1, -0.05) is 19.1 Å². The molecule has 3 unspecified atom stereocenters. The Morgan fingerprint density at radius 2 is 2.25 bits per heavy atom. The Morgan fingerprint density at radius 1 is 1.56 bits per heavy atom. The van der Waals surface area contributed by atoms with Crippen LogP contribution in [0.5, 0.6) is 0 Å². The predicted molar refractivity (Wildman–Crippen MR) is 59.7 cm³/mol. The normalized spacial score (nSPS) is 25.4. The van der Waals surface area contributed by atoms with Crippen LogP contribution in [-0.4, -0.2) is 29.1 Å². The van der Waals surface area contributed by atoms with Crippen LogP contribution in [0.2, 0.25) is 0 Å². The molecule has 0 aliphatic heterocycles. The van der Waals surface area contributed by atoms with Crippen LogP contribution >= 0.6 is 0 Å². The summed E-state index contributed by atoms with van der Waals surface area (Å²) in [6.07, 6.45) is 4.83. The number of carboxylic acid groups (broad SMARTS) is 1. The second kappa shape index (κ2) is 5.65. The fourth-order valence-electron chi connectivity index (χ4n) is 1.64. The molecule has 0 spiro atoms. The Balaban J connectivity index is 2.32. The topological polar surface area (TPSA) is 92.4 Å². The number of nitrogens with two attached hydrogens (primary N) is 1. The molecule has 5 heteroatoms. The zero-order valence-electron chi connectivity index (χ0n) is 9.35. The molecular formula is C11H18N2O3. The van der Waals surface area contributed by atoms with Crippen LogP contribution in [0, 0.1) is 5.92 Å². The Morgan fingerprint density at radius 3 is 2.75 bits per heavy atom. The molecule has 5 nitrogen and oxygen atoms in total. The minimum atomic E-state index is -0.849. The maximum absolute atomic E-state index is 11.5. The number of rotatable bonds is 5. The van der Waals surface area contributed by atoms with E-state index in [-0.39, 0.29) is 18.0 Å². The number of aliphatic carboxylic acids is 1. The third-order valence-electron chi connectivity index (χ3n) is 2.72. The largest absolute Gasteiger partial charge is 0.481 e. The maximum Gasteiger partial charge on any atom is 0.310 e. The van der Waals surface area contributed by atoms with E-state index in [1.165, 1.54) is 0 Å². The van der Waals surface area contributed by atoms with Gasteiger partial charge in [0.15, 0.2) is 0 Å². The van der Waals surface area contributed by atoms with Crippen LogP contribution in [0.4, 0.5) is 0 Å². The summed E-state index contributed by atoms with van der Waals surface area (Å²) in [4.78, 5) is 22.1. The first-order valence-electron chi connectivity index (χ1n) is 5.49. The van der Waals surface area contributed by atoms with Gasteiger partial charge in [0.1, 0.15) is 0 Å². The van der Waals surface area contributed by atoms with E-state index in [9.17, 15) is 9.59 Å². The first-order chi connectivity index (χ1) is 7.52. The lowest BCUT2D eigenvalue weighted by Gasteiger charge is -2.14. The first-order valence-corrected chi connectivity index (χ1v) is 5.49. The summed E-state index contributed by atoms with van der Waals surface area (Å²) in [5.41, 5.74) is 5.65. The monoisotopic (exact) mass is 226 g/mol. The standard InChI is InChI=1S/C11H18N2O3/c1-2-8(12)6-10(14)13-9-4-3-7(5-9)11(15)16/h3-4,7-9H,2,5-6,12H2,1H3,(H,13,14)(H,15,16). The van der Waals surface area contributed by atoms with Crippen molar-refractivity contribution in [3.8, 4) is 0 Å². The van der Waals surface area contributed by atoms with Gasteiger partial charge in [-0.25, -0.2) is 0 Å². The van der Waals surface area contributed by atoms with Gasteiger partial charge in [0.2, 0.25) is 5.91 Å². The quantitative estimate of drug-likeness (QED) is 0.586. The molecule has 0 heterocycles. The zero-order valence-corrected chi connectivity index (χ0v) is 9.35. The summed E-state index contributed by atoms with van der Waals surface area (Å²) in [7, 11) is 0. The summed E-state index contributed by atoms with van der Waals surface area (Å²) in [5, 5.41) is 11.5. The van der Waals surface area contributed by atoms with E-state index < -0.39 is 11.9 Å². The molecule has 1 rings (SSSR count). The van der Waals surface area contributed by atoms with Gasteiger partial charge in [-0.3, -0.25) is 9.59 Å². The second-order valence-electron chi connectivity index (χ2n) is 4.11. The summed E-state index contributed by atoms with van der Waals surface area (Å²) in [6.45, 7) is 1.92. The van der Waals surface area contributed by atoms with Gasteiger partial charge < -0.3 is 16.2 Å². The first kappa shape index (κ1) is 12.7. The minimum Gasteiger partial charge on any atom is -0.481 e. The molecule has 0 aromatic carbocycles. The molecule has 0 aromatic rings. The molecule has 4 N–H and O–H groups in total. The molecule has 1 aliphatic carbocycles. The number of carbonyl (C=O) groups is 2. The Kier molecular flexibility index (Phi) is 4.49. The molecule has 0 saturated heterocycles. The van der Waals surface area contributed by atoms with E-state index in [1.807, 2.05) is 6.92 Å². The highest BCUT2D eigenvalue weighted by Gasteiger charge is 2.25. The van der Waals surface area contributed by atoms with E-state index >= 15 is 0 Å². The SMILES string of the molecule is CCC(N)CC(=O)NC1C=CC(C(=O)O)C1. The molecule has 0 aromatic heterocycles. The average Bonchev–Trinajstić information content (AvgIpc) is 2.65. The van der Waals surface area contributed by atoms with Crippen LogP contribution in [0.25, 0.3) is 0 Å². The smallest absolute Gasteiger partial charge is 0.310 e. The van der Waals surface area contributed by atoms with Gasteiger partial charge in [-0.15, -0.1) is 0 Å². The van der Waals surface area contributed by atoms with Gasteiger partial charge in [-0.2, -0.15) is 0 Å². The molecule has 0 saturated carbocycles. The van der Waals surface area contributed by atoms with Crippen LogP contribution in [0.3, 0.4) is 0 Å². The maximum atomic E-state index is 11.5. The van der Waals surface area contributed by atoms with E-state index in [2.05, 4.69) is 5.32 Å². The molecule has 3 atom stereocenters. The number of hydrogen-bond acceptors (Lipinski definition) is 3. The highest BCUT2D eigenvalue weighted by molar-refractivity contribution is 5.78. The molecule has 0 bridgehead atoms. The van der Waals surface area contributed by atoms with Gasteiger partial charge >= 0.3 is 5.97 Å². The highest BCUT2D eigenvalue weighted by atomic mass is 16.4. The number of carbonyl (C=O) groups excluding carboxylic acids is 1. The van der Waals surface area contributed by atoms with Crippen LogP contribution in [-0.2, 0) is 9.59 Å². The number of hydrogen-bond donors (Lipinski definition) is 3. The van der Waals surface area contributed by atoms with Gasteiger partial charge in [0.25, 0.3) is 0 Å². The highest BCUT2D eigenvalue weighted by Crippen LogP contribution is 2.17. The van der Waals surface area contributed by atoms with E-state index in [4.69, 9.17) is 10.8 Å². The number of amides is 1. The van der Waals surface area contributed by atoms with Gasteiger partial charge in [0.05, 0.1) is 5.92 Å². The summed E-state index contributed by atoms with van der Waals surface area (Å²) >= 11 is 0. The molecule has 1 aliphatic rings. The molecular weight excluding hydrogens is 208 g/mol. The molecule has 1 amide bonds. The van der Waals surface area contributed by atoms with Crippen molar-refractivity contribution in [3.63, 3.8) is 0 Å². The average molecular weight is 226 g/mol. The van der Waals surface area contributed by atoms with Gasteiger partial charge in [-0.05, 0) is 12.8 Å². The van der Waals surface area contributed by atoms with E-state index in [1.54, 1.807) is 12.2 Å². The lowest BCUT2D eigenvalue weighted by Crippen LogP contribution is -2.37. The van der Waals surface area contributed by atoms with E-state index in [0.717, 1.165) is 6.42 Å². The molecule has 0 fully saturated rings. The Labute approximate surface area is 94.7 Å². The number of nitrogens with one attached hydrogen (secondary N) is 1. The Bertz CT molecular complexity index is 302. The predicted octanol–water partition coefficient (Wildman–Crippen LogP) is 0.259. The van der Waals surface area contributed by atoms with Crippen molar-refractivity contribution in [2.75, 3.05) is 0 Å². The zero-order chi connectivity index (χ0) is 12.1. The van der Waals surface area contributed by atoms with Crippen molar-refractivity contribution >= 4 is 11.9 Å². The number of carboxylic acids is 1. The molecule has 0 radical (unpaired) electrons. The van der Waals surface area contributed by atoms with Crippen molar-refractivity contribution in [1.82, 2.24) is 5.32 Å². The van der Waals surface area contributed by atoms with Crippen molar-refractivity contribution in [2.24, 2.45) is 11.7 Å². The lowest BCUT2D eigenvalue weighted by atomic mass is 10.1. The van der Waals surface area contributed by atoms with E-state index in [0.29, 0.717) is 12.8 Å². The summed E-state index contributed by atoms with van der Waals surface area (Å²) < 4.78 is 0. The van der Waals surface area contributed by atoms with Crippen LogP contribution < -0.4 is 11.1 Å². The third kappa shape index (κ3) is 3.66. The third-order valence-corrected chi connectivity index (χ3v) is 2.72. The van der Waals surface area contributed by atoms with Crippen molar-refractivity contribution in [1.29, 1.82) is 0 Å². The van der Waals surface area contributed by atoms with Crippen molar-refractivity contribution in [3.05, 3.63) is 12.2 Å². The molecule has 90 valence electrons. The fourth-order valence-corrected chi connectivity index (χ4v) is 1.64. The minimum absolute atomic E-state index is 0.116. The van der Waals surface area contributed by atoms with Crippen molar-refractivity contribution in [2.45, 2.75) is 38.3 Å². The van der Waals surface area contributed by atoms with Crippen LogP contribution in [0.15, 0.2) is 12.2 Å². The molecule has 16 heavy (non-hydrogen) atoms. The fraction of sp³-hybridized carbons (Fsp3) is 0.636. The second-order valence-corrected chi connectivity index (χ2v) is 4.11. The Hall–Kier alpha value is -1.36. The summed E-state index contributed by atoms with van der Waals surface area (Å²) in [5.74, 6) is -1.45. The van der Waals surface area contributed by atoms with Gasteiger partial charge in [0, 0.05) is 18.5 Å². The van der Waals surface area contributed by atoms with Crippen molar-refractivity contribution < 1.29 is 14.7 Å².